The van der Waals surface area contributed by atoms with E-state index in [-0.39, 0.29) is 5.43 Å². The summed E-state index contributed by atoms with van der Waals surface area (Å²) in [5.41, 5.74) is 4.59. The third-order valence-corrected chi connectivity index (χ3v) is 3.32. The lowest BCUT2D eigenvalue weighted by Crippen LogP contribution is -2.05. The minimum atomic E-state index is 0.155. The number of hydrogen-bond acceptors (Lipinski definition) is 1. The number of nitrogens with one attached hydrogen (secondary N) is 1. The van der Waals surface area contributed by atoms with E-state index in [0.717, 1.165) is 27.7 Å². The monoisotopic (exact) mass is 213 g/mol. The van der Waals surface area contributed by atoms with Crippen LogP contribution in [0.5, 0.6) is 0 Å². The van der Waals surface area contributed by atoms with Crippen LogP contribution in [0.2, 0.25) is 0 Å². The van der Waals surface area contributed by atoms with Crippen molar-refractivity contribution in [2.75, 3.05) is 0 Å². The normalized spacial score (nSPS) is 15.6. The van der Waals surface area contributed by atoms with E-state index in [0.29, 0.717) is 5.92 Å². The van der Waals surface area contributed by atoms with Crippen molar-refractivity contribution in [2.24, 2.45) is 0 Å². The van der Waals surface area contributed by atoms with Crippen molar-refractivity contribution in [3.63, 3.8) is 0 Å². The lowest BCUT2D eigenvalue weighted by atomic mass is 10.1. The van der Waals surface area contributed by atoms with Gasteiger partial charge in [-0.2, -0.15) is 0 Å². The van der Waals surface area contributed by atoms with Gasteiger partial charge in [0.25, 0.3) is 0 Å². The first-order chi connectivity index (χ1) is 7.65. The van der Waals surface area contributed by atoms with Gasteiger partial charge in [-0.1, -0.05) is 6.07 Å². The molecule has 2 aromatic rings. The molecule has 2 nitrogen and oxygen atoms in total. The molecule has 1 aromatic carbocycles. The summed E-state index contributed by atoms with van der Waals surface area (Å²) in [6, 6.07) is 5.87. The highest BCUT2D eigenvalue weighted by molar-refractivity contribution is 5.82. The van der Waals surface area contributed by atoms with Crippen LogP contribution in [0.15, 0.2) is 23.0 Å². The molecular formula is C14H15NO. The molecule has 0 atom stereocenters. The van der Waals surface area contributed by atoms with Gasteiger partial charge in [0.1, 0.15) is 0 Å². The Balaban J connectivity index is 2.37. The van der Waals surface area contributed by atoms with E-state index < -0.39 is 0 Å². The van der Waals surface area contributed by atoms with Gasteiger partial charge < -0.3 is 4.98 Å². The Labute approximate surface area is 94.3 Å². The van der Waals surface area contributed by atoms with Gasteiger partial charge >= 0.3 is 0 Å². The predicted molar refractivity (Wildman–Crippen MR) is 66.0 cm³/mol. The maximum Gasteiger partial charge on any atom is 0.189 e. The Morgan fingerprint density at radius 1 is 1.19 bits per heavy atom. The Morgan fingerprint density at radius 3 is 2.62 bits per heavy atom. The number of aryl methyl sites for hydroxylation is 2. The number of benzene rings is 1. The molecule has 1 N–H and O–H groups in total. The molecule has 0 unspecified atom stereocenters. The first kappa shape index (κ1) is 9.64. The fourth-order valence-electron chi connectivity index (χ4n) is 2.34. The fourth-order valence-corrected chi connectivity index (χ4v) is 2.34. The summed E-state index contributed by atoms with van der Waals surface area (Å²) >= 11 is 0. The molecule has 1 saturated carbocycles. The molecule has 1 aliphatic carbocycles. The van der Waals surface area contributed by atoms with E-state index in [9.17, 15) is 4.79 Å². The number of rotatable bonds is 1. The zero-order valence-electron chi connectivity index (χ0n) is 9.63. The second kappa shape index (κ2) is 3.21. The van der Waals surface area contributed by atoms with Gasteiger partial charge in [0.2, 0.25) is 0 Å². The molecule has 1 aliphatic rings. The van der Waals surface area contributed by atoms with E-state index >= 15 is 0 Å². The lowest BCUT2D eigenvalue weighted by Gasteiger charge is -2.06. The molecule has 82 valence electrons. The van der Waals surface area contributed by atoms with Crippen molar-refractivity contribution in [1.29, 1.82) is 0 Å². The largest absolute Gasteiger partial charge is 0.358 e. The highest BCUT2D eigenvalue weighted by Gasteiger charge is 2.25. The third kappa shape index (κ3) is 1.45. The molecule has 1 fully saturated rings. The molecule has 2 heteroatoms. The molecule has 0 radical (unpaired) electrons. The minimum Gasteiger partial charge on any atom is -0.358 e. The SMILES string of the molecule is Cc1cc(C)c2[nH]c(C3CC3)cc(=O)c2c1. The molecule has 3 rings (SSSR count). The van der Waals surface area contributed by atoms with Crippen LogP contribution in [0.25, 0.3) is 10.9 Å². The summed E-state index contributed by atoms with van der Waals surface area (Å²) in [6.45, 7) is 4.09. The molecule has 0 amide bonds. The lowest BCUT2D eigenvalue weighted by molar-refractivity contribution is 1.04. The Kier molecular flexibility index (Phi) is 1.93. The third-order valence-electron chi connectivity index (χ3n) is 3.32. The summed E-state index contributed by atoms with van der Waals surface area (Å²) in [7, 11) is 0. The van der Waals surface area contributed by atoms with Crippen LogP contribution in [0.4, 0.5) is 0 Å². The van der Waals surface area contributed by atoms with Crippen LogP contribution in [0, 0.1) is 13.8 Å². The molecule has 16 heavy (non-hydrogen) atoms. The van der Waals surface area contributed by atoms with Crippen LogP contribution < -0.4 is 5.43 Å². The average molecular weight is 213 g/mol. The standard InChI is InChI=1S/C14H15NO/c1-8-5-9(2)14-11(6-8)13(16)7-12(15-14)10-3-4-10/h5-7,10H,3-4H2,1-2H3,(H,15,16). The molecule has 0 saturated heterocycles. The van der Waals surface area contributed by atoms with Crippen molar-refractivity contribution in [3.8, 4) is 0 Å². The highest BCUT2D eigenvalue weighted by atomic mass is 16.1. The van der Waals surface area contributed by atoms with Crippen LogP contribution in [-0.2, 0) is 0 Å². The maximum atomic E-state index is 12.0. The summed E-state index contributed by atoms with van der Waals surface area (Å²) in [4.78, 5) is 15.4. The number of pyridine rings is 1. The van der Waals surface area contributed by atoms with Gasteiger partial charge in [-0.05, 0) is 49.8 Å². The van der Waals surface area contributed by atoms with Crippen LogP contribution in [0.1, 0.15) is 35.6 Å². The van der Waals surface area contributed by atoms with Crippen molar-refractivity contribution in [1.82, 2.24) is 4.98 Å². The quantitative estimate of drug-likeness (QED) is 0.776. The van der Waals surface area contributed by atoms with E-state index in [4.69, 9.17) is 0 Å². The van der Waals surface area contributed by atoms with E-state index in [1.165, 1.54) is 12.8 Å². The average Bonchev–Trinajstić information content (AvgIpc) is 3.02. The molecule has 0 spiro atoms. The zero-order valence-corrected chi connectivity index (χ0v) is 9.63. The van der Waals surface area contributed by atoms with Gasteiger partial charge in [0.15, 0.2) is 5.43 Å². The van der Waals surface area contributed by atoms with Gasteiger partial charge in [-0.25, -0.2) is 0 Å². The molecule has 1 aromatic heterocycles. The van der Waals surface area contributed by atoms with Gasteiger partial charge in [-0.15, -0.1) is 0 Å². The van der Waals surface area contributed by atoms with Crippen molar-refractivity contribution >= 4 is 10.9 Å². The van der Waals surface area contributed by atoms with Gasteiger partial charge in [0, 0.05) is 17.1 Å². The Bertz CT molecular complexity index is 620. The summed E-state index contributed by atoms with van der Waals surface area (Å²) in [6.07, 6.45) is 2.43. The van der Waals surface area contributed by atoms with Gasteiger partial charge in [0.05, 0.1) is 5.52 Å². The minimum absolute atomic E-state index is 0.155. The number of fused-ring (bicyclic) bond motifs is 1. The molecule has 0 bridgehead atoms. The molecule has 1 heterocycles. The number of hydrogen-bond donors (Lipinski definition) is 1. The second-order valence-corrected chi connectivity index (χ2v) is 4.87. The first-order valence-corrected chi connectivity index (χ1v) is 5.79. The smallest absolute Gasteiger partial charge is 0.189 e. The Morgan fingerprint density at radius 2 is 1.94 bits per heavy atom. The molecule has 0 aliphatic heterocycles. The predicted octanol–water partition coefficient (Wildman–Crippen LogP) is 3.02. The van der Waals surface area contributed by atoms with Crippen LogP contribution >= 0.6 is 0 Å². The summed E-state index contributed by atoms with van der Waals surface area (Å²) < 4.78 is 0. The molecular weight excluding hydrogens is 198 g/mol. The first-order valence-electron chi connectivity index (χ1n) is 5.79. The van der Waals surface area contributed by atoms with Gasteiger partial charge in [-0.3, -0.25) is 4.79 Å². The van der Waals surface area contributed by atoms with Crippen molar-refractivity contribution in [3.05, 3.63) is 45.2 Å². The highest BCUT2D eigenvalue weighted by Crippen LogP contribution is 2.39. The zero-order chi connectivity index (χ0) is 11.3. The van der Waals surface area contributed by atoms with Crippen molar-refractivity contribution < 1.29 is 0 Å². The van der Waals surface area contributed by atoms with Crippen LogP contribution in [-0.4, -0.2) is 4.98 Å². The number of aromatic nitrogens is 1. The summed E-state index contributed by atoms with van der Waals surface area (Å²) in [5, 5.41) is 0.821. The summed E-state index contributed by atoms with van der Waals surface area (Å²) in [5.74, 6) is 0.595. The van der Waals surface area contributed by atoms with Crippen LogP contribution in [0.3, 0.4) is 0 Å². The second-order valence-electron chi connectivity index (χ2n) is 4.87. The van der Waals surface area contributed by atoms with E-state index in [1.807, 2.05) is 13.0 Å². The number of H-pyrrole nitrogens is 1. The fraction of sp³-hybridized carbons (Fsp3) is 0.357. The number of aromatic amines is 1. The Hall–Kier alpha value is -1.57. The van der Waals surface area contributed by atoms with Crippen molar-refractivity contribution in [2.45, 2.75) is 32.6 Å². The topological polar surface area (TPSA) is 32.9 Å². The maximum absolute atomic E-state index is 12.0. The van der Waals surface area contributed by atoms with E-state index in [1.54, 1.807) is 6.07 Å². The van der Waals surface area contributed by atoms with E-state index in [2.05, 4.69) is 18.0 Å².